The predicted octanol–water partition coefficient (Wildman–Crippen LogP) is 4.47. The number of benzene rings is 2. The fraction of sp³-hybridized carbons (Fsp3) is 0.280. The molecule has 0 spiro atoms. The van der Waals surface area contributed by atoms with E-state index in [0.717, 1.165) is 26.0 Å². The number of hydrogen-bond donors (Lipinski definition) is 2. The summed E-state index contributed by atoms with van der Waals surface area (Å²) in [6.45, 7) is 0.928. The van der Waals surface area contributed by atoms with Gasteiger partial charge in [-0.25, -0.2) is 0 Å². The van der Waals surface area contributed by atoms with Gasteiger partial charge in [-0.3, -0.25) is 0 Å². The summed E-state index contributed by atoms with van der Waals surface area (Å²) in [5, 5.41) is 13.8. The molecule has 2 N–H and O–H groups in total. The van der Waals surface area contributed by atoms with Gasteiger partial charge in [0, 0.05) is 0 Å². The Morgan fingerprint density at radius 2 is 2.00 bits per heavy atom. The third-order valence-electron chi connectivity index (χ3n) is 6.27. The summed E-state index contributed by atoms with van der Waals surface area (Å²) in [6, 6.07) is 11.3. The molecule has 0 aromatic heterocycles. The monoisotopic (exact) mass is 670 g/mol. The second kappa shape index (κ2) is 11.0. The van der Waals surface area contributed by atoms with E-state index in [0.29, 0.717) is 29.7 Å². The van der Waals surface area contributed by atoms with Gasteiger partial charge in [0.15, 0.2) is 0 Å². The molecule has 2 aromatic carbocycles. The van der Waals surface area contributed by atoms with Crippen LogP contribution in [-0.4, -0.2) is 63.6 Å². The van der Waals surface area contributed by atoms with Crippen LogP contribution in [0.15, 0.2) is 80.6 Å². The van der Waals surface area contributed by atoms with Gasteiger partial charge in [-0.1, -0.05) is 0 Å². The summed E-state index contributed by atoms with van der Waals surface area (Å²) in [4.78, 5) is 4.43. The molecular formula is C25H23BF3IN4O4S. The maximum absolute atomic E-state index is 13.3. The fourth-order valence-electron chi connectivity index (χ4n) is 4.44. The third kappa shape index (κ3) is 6.17. The molecule has 0 amide bonds. The number of sulfonamides is 1. The Morgan fingerprint density at radius 1 is 1.21 bits per heavy atom. The van der Waals surface area contributed by atoms with Gasteiger partial charge in [-0.2, -0.15) is 0 Å². The summed E-state index contributed by atoms with van der Waals surface area (Å²) in [5.41, 5.74) is 1.61. The number of aromatic hydroxyl groups is 1. The van der Waals surface area contributed by atoms with Gasteiger partial charge in [-0.05, 0) is 0 Å². The van der Waals surface area contributed by atoms with E-state index in [1.807, 2.05) is 6.08 Å². The number of para-hydroxylation sites is 1. The van der Waals surface area contributed by atoms with Crippen molar-refractivity contribution in [3.8, 4) is 11.5 Å². The Bertz CT molecular complexity index is 1510. The molecule has 3 heterocycles. The van der Waals surface area contributed by atoms with Crippen molar-refractivity contribution >= 4 is 49.9 Å². The summed E-state index contributed by atoms with van der Waals surface area (Å²) >= 11 is -2.27. The van der Waals surface area contributed by atoms with Crippen molar-refractivity contribution in [1.29, 1.82) is 0 Å². The molecular weight excluding hydrogens is 647 g/mol. The van der Waals surface area contributed by atoms with Gasteiger partial charge >= 0.3 is 220 Å². The van der Waals surface area contributed by atoms with E-state index < -0.39 is 42.2 Å². The Balaban J connectivity index is 1.31. The molecule has 2 aromatic rings. The van der Waals surface area contributed by atoms with Crippen molar-refractivity contribution < 1.29 is 31.4 Å². The quantitative estimate of drug-likeness (QED) is 0.257. The number of hydrogen-bond acceptors (Lipinski definition) is 7. The summed E-state index contributed by atoms with van der Waals surface area (Å²) in [6.07, 6.45) is -0.0745. The summed E-state index contributed by atoms with van der Waals surface area (Å²) < 4.78 is 75.8. The van der Waals surface area contributed by atoms with Crippen molar-refractivity contribution in [2.75, 3.05) is 19.6 Å². The van der Waals surface area contributed by atoms with E-state index >= 15 is 0 Å². The van der Waals surface area contributed by atoms with E-state index in [4.69, 9.17) is 7.85 Å². The summed E-state index contributed by atoms with van der Waals surface area (Å²) in [5.74, 6) is -0.551. The number of aliphatic imine (C=N–C) groups is 1. The Labute approximate surface area is 232 Å². The molecule has 1 unspecified atom stereocenters. The predicted molar refractivity (Wildman–Crippen MR) is 151 cm³/mol. The number of nitrogens with one attached hydrogen (secondary N) is 1. The number of halogens is 4. The molecule has 0 bridgehead atoms. The molecule has 204 valence electrons. The molecule has 1 saturated heterocycles. The first kappa shape index (κ1) is 27.7. The van der Waals surface area contributed by atoms with Gasteiger partial charge in [0.05, 0.1) is 0 Å². The molecule has 0 saturated carbocycles. The zero-order chi connectivity index (χ0) is 27.8. The van der Waals surface area contributed by atoms with Crippen LogP contribution in [0, 0.1) is 5.92 Å². The van der Waals surface area contributed by atoms with Crippen LogP contribution in [0.25, 0.3) is 0 Å². The number of rotatable bonds is 7. The van der Waals surface area contributed by atoms with Crippen molar-refractivity contribution in [3.63, 3.8) is 0 Å². The molecule has 8 nitrogen and oxygen atoms in total. The van der Waals surface area contributed by atoms with Crippen LogP contribution in [0.4, 0.5) is 13.2 Å². The van der Waals surface area contributed by atoms with E-state index in [9.17, 15) is 26.7 Å². The molecule has 14 heteroatoms. The second-order valence-corrected chi connectivity index (χ2v) is 15.2. The zero-order valence-corrected chi connectivity index (χ0v) is 23.4. The van der Waals surface area contributed by atoms with Crippen LogP contribution < -0.4 is 10.1 Å². The number of ether oxygens (including phenoxy) is 1. The standard InChI is InChI=1S/C25H23BF3IN4O4S/c26-20-14-32-30-23(12-21(33-24(20)30)19-8-1-2-9-22(19)35)31-13-16-5-4-10-34(15-16)39(36,37)18-7-3-6-17(11-18)38-25(27,28)29/h1-3,6-9,11-12,14,16,31,35H,4-5,10,13,15H2. The molecule has 1 fully saturated rings. The Kier molecular flexibility index (Phi) is 7.79. The van der Waals surface area contributed by atoms with Crippen LogP contribution >= 0.6 is 20.1 Å². The Morgan fingerprint density at radius 3 is 2.77 bits per heavy atom. The number of phenols is 1. The van der Waals surface area contributed by atoms with Crippen molar-refractivity contribution in [1.82, 2.24) is 9.62 Å². The molecule has 2 radical (unpaired) electrons. The first-order valence-electron chi connectivity index (χ1n) is 11.9. The van der Waals surface area contributed by atoms with E-state index in [2.05, 4.69) is 18.3 Å². The van der Waals surface area contributed by atoms with Crippen molar-refractivity contribution in [2.24, 2.45) is 14.1 Å². The molecule has 5 rings (SSSR count). The number of alkyl halides is 3. The minimum atomic E-state index is -4.92. The molecule has 39 heavy (non-hydrogen) atoms. The number of nitrogens with zero attached hydrogens (tertiary/aromatic N) is 3. The van der Waals surface area contributed by atoms with E-state index in [1.165, 1.54) is 16.4 Å². The van der Waals surface area contributed by atoms with Crippen molar-refractivity contribution in [2.45, 2.75) is 24.1 Å². The maximum atomic E-state index is 13.3. The molecule has 0 aliphatic carbocycles. The van der Waals surface area contributed by atoms with Crippen LogP contribution in [-0.2, 0) is 10.0 Å². The van der Waals surface area contributed by atoms with Crippen LogP contribution in [0.3, 0.4) is 0 Å². The van der Waals surface area contributed by atoms with Crippen LogP contribution in [0.1, 0.15) is 18.4 Å². The van der Waals surface area contributed by atoms with Gasteiger partial charge in [-0.15, -0.1) is 13.2 Å². The van der Waals surface area contributed by atoms with Gasteiger partial charge in [0.2, 0.25) is 0 Å². The Hall–Kier alpha value is -2.85. The number of piperidine rings is 1. The number of phenolic OH excluding ortho intramolecular Hbond substituents is 1. The second-order valence-electron chi connectivity index (χ2n) is 9.02. The average Bonchev–Trinajstić information content (AvgIpc) is 3.27. The van der Waals surface area contributed by atoms with E-state index in [1.54, 1.807) is 30.5 Å². The first-order valence-corrected chi connectivity index (χ1v) is 16.5. The minimum absolute atomic E-state index is 0.0521. The van der Waals surface area contributed by atoms with Gasteiger partial charge in [0.1, 0.15) is 0 Å². The van der Waals surface area contributed by atoms with Gasteiger partial charge in [0.25, 0.3) is 0 Å². The van der Waals surface area contributed by atoms with E-state index in [-0.39, 0.29) is 29.7 Å². The summed E-state index contributed by atoms with van der Waals surface area (Å²) in [7, 11) is 2.11. The SMILES string of the molecule is [B]C1=C2N=C(c3ccccc3O)C=C(NCC3CCCN(S(=O)(=O)c4cccc(OC(F)(F)F)c4)C3)I2N=C1. The number of allylic oxidation sites excluding steroid dienone is 2. The fourth-order valence-corrected chi connectivity index (χ4v) is 10.1. The normalized spacial score (nSPS) is 20.9. The van der Waals surface area contributed by atoms with Crippen LogP contribution in [0.5, 0.6) is 11.5 Å². The topological polar surface area (TPSA) is 104 Å². The molecule has 3 aliphatic heterocycles. The first-order chi connectivity index (χ1) is 18.5. The third-order valence-corrected chi connectivity index (χ3v) is 12.6. The average molecular weight is 670 g/mol. The number of fused-ring (bicyclic) bond motifs is 1. The zero-order valence-electron chi connectivity index (χ0n) is 20.4. The van der Waals surface area contributed by atoms with Gasteiger partial charge < -0.3 is 0 Å². The van der Waals surface area contributed by atoms with Crippen LogP contribution in [0.2, 0.25) is 0 Å². The van der Waals surface area contributed by atoms with Crippen molar-refractivity contribution in [3.05, 3.63) is 73.1 Å². The molecule has 1 atom stereocenters. The molecule has 3 aliphatic rings.